The molecule has 2 rings (SSSR count). The highest BCUT2D eigenvalue weighted by Gasteiger charge is 2.10. The molecule has 18 heavy (non-hydrogen) atoms. The quantitative estimate of drug-likeness (QED) is 0.900. The van der Waals surface area contributed by atoms with Crippen molar-refractivity contribution in [3.63, 3.8) is 0 Å². The standard InChI is InChI=1S/C14H17N3O/c1-3-13-16-11(2)10-17(13)14(18)15-9-12-7-5-4-6-8-12/h4-8,10H,3,9H2,1-2H3,(H,15,18). The summed E-state index contributed by atoms with van der Waals surface area (Å²) in [6.45, 7) is 4.41. The van der Waals surface area contributed by atoms with E-state index in [0.717, 1.165) is 23.5 Å². The van der Waals surface area contributed by atoms with Gasteiger partial charge in [-0.1, -0.05) is 37.3 Å². The highest BCUT2D eigenvalue weighted by molar-refractivity contribution is 5.77. The molecule has 1 amide bonds. The molecule has 0 fully saturated rings. The van der Waals surface area contributed by atoms with Gasteiger partial charge in [0.2, 0.25) is 0 Å². The molecule has 94 valence electrons. The molecule has 1 N–H and O–H groups in total. The Hall–Kier alpha value is -2.10. The van der Waals surface area contributed by atoms with E-state index < -0.39 is 0 Å². The largest absolute Gasteiger partial charge is 0.333 e. The Bertz CT molecular complexity index is 531. The number of carbonyl (C=O) groups excluding carboxylic acids is 1. The predicted octanol–water partition coefficient (Wildman–Crippen LogP) is 2.51. The molecule has 2 aromatic rings. The van der Waals surface area contributed by atoms with Crippen molar-refractivity contribution in [3.8, 4) is 0 Å². The second kappa shape index (κ2) is 5.49. The number of imidazole rings is 1. The summed E-state index contributed by atoms with van der Waals surface area (Å²) in [7, 11) is 0. The summed E-state index contributed by atoms with van der Waals surface area (Å²) in [4.78, 5) is 16.3. The number of rotatable bonds is 3. The summed E-state index contributed by atoms with van der Waals surface area (Å²) in [6.07, 6.45) is 2.51. The highest BCUT2D eigenvalue weighted by atomic mass is 16.2. The van der Waals surface area contributed by atoms with E-state index in [1.54, 1.807) is 10.8 Å². The lowest BCUT2D eigenvalue weighted by Crippen LogP contribution is -2.28. The Morgan fingerprint density at radius 2 is 2.06 bits per heavy atom. The van der Waals surface area contributed by atoms with Gasteiger partial charge in [-0.25, -0.2) is 9.78 Å². The Labute approximate surface area is 107 Å². The molecular formula is C14H17N3O. The van der Waals surface area contributed by atoms with Crippen LogP contribution in [0.4, 0.5) is 4.79 Å². The molecule has 0 radical (unpaired) electrons. The van der Waals surface area contributed by atoms with Crippen LogP contribution in [0, 0.1) is 6.92 Å². The van der Waals surface area contributed by atoms with Gasteiger partial charge >= 0.3 is 6.03 Å². The van der Waals surface area contributed by atoms with E-state index in [2.05, 4.69) is 10.3 Å². The maximum atomic E-state index is 12.0. The summed E-state index contributed by atoms with van der Waals surface area (Å²) >= 11 is 0. The van der Waals surface area contributed by atoms with E-state index in [9.17, 15) is 4.79 Å². The summed E-state index contributed by atoms with van der Waals surface area (Å²) in [5.41, 5.74) is 1.95. The van der Waals surface area contributed by atoms with Crippen molar-refractivity contribution in [1.82, 2.24) is 14.9 Å². The normalized spacial score (nSPS) is 10.3. The Kier molecular flexibility index (Phi) is 3.77. The van der Waals surface area contributed by atoms with Crippen molar-refractivity contribution in [2.45, 2.75) is 26.8 Å². The van der Waals surface area contributed by atoms with Crippen molar-refractivity contribution in [2.24, 2.45) is 0 Å². The second-order valence-electron chi connectivity index (χ2n) is 4.17. The minimum Gasteiger partial charge on any atom is -0.333 e. The van der Waals surface area contributed by atoms with Gasteiger partial charge in [-0.2, -0.15) is 0 Å². The van der Waals surface area contributed by atoms with Crippen LogP contribution < -0.4 is 5.32 Å². The Morgan fingerprint density at radius 3 is 2.72 bits per heavy atom. The van der Waals surface area contributed by atoms with Gasteiger partial charge in [0.15, 0.2) is 0 Å². The van der Waals surface area contributed by atoms with Gasteiger partial charge in [-0.3, -0.25) is 4.57 Å². The van der Waals surface area contributed by atoms with Crippen molar-refractivity contribution in [3.05, 3.63) is 53.6 Å². The fraction of sp³-hybridized carbons (Fsp3) is 0.286. The maximum Gasteiger partial charge on any atom is 0.327 e. The summed E-state index contributed by atoms with van der Waals surface area (Å²) < 4.78 is 1.58. The number of carbonyl (C=O) groups is 1. The van der Waals surface area contributed by atoms with Gasteiger partial charge in [0.25, 0.3) is 0 Å². The second-order valence-corrected chi connectivity index (χ2v) is 4.17. The van der Waals surface area contributed by atoms with Crippen molar-refractivity contribution < 1.29 is 4.79 Å². The number of aryl methyl sites for hydroxylation is 2. The number of aromatic nitrogens is 2. The summed E-state index contributed by atoms with van der Waals surface area (Å²) in [5.74, 6) is 0.790. The smallest absolute Gasteiger partial charge is 0.327 e. The first-order valence-electron chi connectivity index (χ1n) is 6.07. The molecule has 1 aromatic carbocycles. The van der Waals surface area contributed by atoms with Crippen LogP contribution >= 0.6 is 0 Å². The fourth-order valence-electron chi connectivity index (χ4n) is 1.83. The van der Waals surface area contributed by atoms with Crippen molar-refractivity contribution >= 4 is 6.03 Å². The molecule has 0 saturated carbocycles. The molecule has 4 nitrogen and oxygen atoms in total. The molecular weight excluding hydrogens is 226 g/mol. The van der Waals surface area contributed by atoms with Gasteiger partial charge in [-0.15, -0.1) is 0 Å². The molecule has 0 atom stereocenters. The van der Waals surface area contributed by atoms with Crippen LogP contribution in [0.25, 0.3) is 0 Å². The molecule has 1 aromatic heterocycles. The minimum atomic E-state index is -0.128. The number of benzene rings is 1. The Balaban J connectivity index is 2.04. The van der Waals surface area contributed by atoms with Crippen LogP contribution in [-0.2, 0) is 13.0 Å². The lowest BCUT2D eigenvalue weighted by molar-refractivity contribution is 0.241. The number of nitrogens with one attached hydrogen (secondary N) is 1. The molecule has 0 aliphatic rings. The third kappa shape index (κ3) is 2.77. The lowest BCUT2D eigenvalue weighted by atomic mass is 10.2. The van der Waals surface area contributed by atoms with Crippen molar-refractivity contribution in [2.75, 3.05) is 0 Å². The molecule has 4 heteroatoms. The number of hydrogen-bond acceptors (Lipinski definition) is 2. The molecule has 0 bridgehead atoms. The SMILES string of the molecule is CCc1nc(C)cn1C(=O)NCc1ccccc1. The number of nitrogens with zero attached hydrogens (tertiary/aromatic N) is 2. The first-order valence-corrected chi connectivity index (χ1v) is 6.07. The topological polar surface area (TPSA) is 46.9 Å². The number of amides is 1. The molecule has 0 aliphatic heterocycles. The predicted molar refractivity (Wildman–Crippen MR) is 70.4 cm³/mol. The van der Waals surface area contributed by atoms with E-state index in [4.69, 9.17) is 0 Å². The van der Waals surface area contributed by atoms with Gasteiger partial charge < -0.3 is 5.32 Å². The summed E-state index contributed by atoms with van der Waals surface area (Å²) in [5, 5.41) is 2.89. The van der Waals surface area contributed by atoms with Gasteiger partial charge in [0.05, 0.1) is 5.69 Å². The van der Waals surface area contributed by atoms with Crippen LogP contribution in [0.1, 0.15) is 24.0 Å². The zero-order chi connectivity index (χ0) is 13.0. The minimum absolute atomic E-state index is 0.128. The van der Waals surface area contributed by atoms with E-state index in [1.807, 2.05) is 44.2 Å². The van der Waals surface area contributed by atoms with E-state index >= 15 is 0 Å². The molecule has 0 aliphatic carbocycles. The lowest BCUT2D eigenvalue weighted by Gasteiger charge is -2.07. The van der Waals surface area contributed by atoms with E-state index in [-0.39, 0.29) is 6.03 Å². The fourth-order valence-corrected chi connectivity index (χ4v) is 1.83. The van der Waals surface area contributed by atoms with Gasteiger partial charge in [-0.05, 0) is 12.5 Å². The van der Waals surface area contributed by atoms with Crippen LogP contribution in [0.3, 0.4) is 0 Å². The molecule has 1 heterocycles. The summed E-state index contributed by atoms with van der Waals surface area (Å²) in [6, 6.07) is 9.72. The average molecular weight is 243 g/mol. The zero-order valence-electron chi connectivity index (χ0n) is 10.7. The van der Waals surface area contributed by atoms with E-state index in [1.165, 1.54) is 0 Å². The van der Waals surface area contributed by atoms with Gasteiger partial charge in [0.1, 0.15) is 5.82 Å². The Morgan fingerprint density at radius 1 is 1.33 bits per heavy atom. The first-order chi connectivity index (χ1) is 8.70. The highest BCUT2D eigenvalue weighted by Crippen LogP contribution is 2.04. The zero-order valence-corrected chi connectivity index (χ0v) is 10.7. The average Bonchev–Trinajstić information content (AvgIpc) is 2.78. The molecule has 0 spiro atoms. The number of hydrogen-bond donors (Lipinski definition) is 1. The van der Waals surface area contributed by atoms with E-state index in [0.29, 0.717) is 6.54 Å². The third-order valence-corrected chi connectivity index (χ3v) is 2.72. The molecule has 0 saturated heterocycles. The van der Waals surface area contributed by atoms with Crippen molar-refractivity contribution in [1.29, 1.82) is 0 Å². The van der Waals surface area contributed by atoms with Crippen LogP contribution in [0.15, 0.2) is 36.5 Å². The first kappa shape index (κ1) is 12.4. The van der Waals surface area contributed by atoms with Crippen LogP contribution in [0.5, 0.6) is 0 Å². The molecule has 0 unspecified atom stereocenters. The third-order valence-electron chi connectivity index (χ3n) is 2.72. The maximum absolute atomic E-state index is 12.0. The van der Waals surface area contributed by atoms with Crippen LogP contribution in [-0.4, -0.2) is 15.6 Å². The van der Waals surface area contributed by atoms with Gasteiger partial charge in [0, 0.05) is 19.2 Å². The monoisotopic (exact) mass is 243 g/mol. The van der Waals surface area contributed by atoms with Crippen LogP contribution in [0.2, 0.25) is 0 Å².